The number of aryl methyl sites for hydroxylation is 1. The third-order valence-corrected chi connectivity index (χ3v) is 5.72. The average Bonchev–Trinajstić information content (AvgIpc) is 3.18. The highest BCUT2D eigenvalue weighted by molar-refractivity contribution is 5.95. The van der Waals surface area contributed by atoms with Gasteiger partial charge in [0.2, 0.25) is 5.91 Å². The van der Waals surface area contributed by atoms with Crippen molar-refractivity contribution in [2.45, 2.75) is 26.3 Å². The Morgan fingerprint density at radius 3 is 2.60 bits per heavy atom. The fraction of sp³-hybridized carbons (Fsp3) is 0.500. The molecule has 1 aromatic carbocycles. The summed E-state index contributed by atoms with van der Waals surface area (Å²) in [7, 11) is 0. The topological polar surface area (TPSA) is 87.9 Å². The van der Waals surface area contributed by atoms with Gasteiger partial charge < -0.3 is 19.5 Å². The van der Waals surface area contributed by atoms with Gasteiger partial charge in [-0.3, -0.25) is 14.5 Å². The lowest BCUT2D eigenvalue weighted by atomic mass is 9.95. The van der Waals surface area contributed by atoms with Crippen LogP contribution in [0.2, 0.25) is 0 Å². The number of piperidine rings is 1. The maximum atomic E-state index is 13.0. The number of aromatic nitrogens is 1. The Morgan fingerprint density at radius 1 is 1.13 bits per heavy atom. The molecular formula is C22H28N4O4. The second-order valence-electron chi connectivity index (χ2n) is 7.97. The van der Waals surface area contributed by atoms with Crippen LogP contribution in [0.15, 0.2) is 34.9 Å². The van der Waals surface area contributed by atoms with Gasteiger partial charge in [0.25, 0.3) is 5.91 Å². The van der Waals surface area contributed by atoms with Crippen LogP contribution in [0.1, 0.15) is 34.5 Å². The second-order valence-corrected chi connectivity index (χ2v) is 7.97. The van der Waals surface area contributed by atoms with Gasteiger partial charge in [-0.2, -0.15) is 0 Å². The van der Waals surface area contributed by atoms with Crippen molar-refractivity contribution < 1.29 is 18.8 Å². The van der Waals surface area contributed by atoms with E-state index in [4.69, 9.17) is 9.26 Å². The molecule has 0 bridgehead atoms. The largest absolute Gasteiger partial charge is 0.379 e. The molecule has 0 saturated carbocycles. The fourth-order valence-electron chi connectivity index (χ4n) is 4.00. The standard InChI is InChI=1S/C22H28N4O4/c1-16-13-20(24-30-16)23-21(27)18-5-7-26(8-6-18)22(28)19-4-2-3-17(14-19)15-25-9-11-29-12-10-25/h2-4,13-14,18H,5-12,15H2,1H3,(H,23,24,27). The summed E-state index contributed by atoms with van der Waals surface area (Å²) in [6.45, 7) is 7.11. The Labute approximate surface area is 176 Å². The number of carbonyl (C=O) groups is 2. The minimum Gasteiger partial charge on any atom is -0.379 e. The van der Waals surface area contributed by atoms with Crippen LogP contribution in [0.3, 0.4) is 0 Å². The van der Waals surface area contributed by atoms with Crippen molar-refractivity contribution in [1.29, 1.82) is 0 Å². The van der Waals surface area contributed by atoms with E-state index < -0.39 is 0 Å². The van der Waals surface area contributed by atoms with Crippen LogP contribution in [0.5, 0.6) is 0 Å². The van der Waals surface area contributed by atoms with E-state index in [1.807, 2.05) is 23.1 Å². The first kappa shape index (κ1) is 20.6. The van der Waals surface area contributed by atoms with E-state index >= 15 is 0 Å². The lowest BCUT2D eigenvalue weighted by molar-refractivity contribution is -0.121. The molecule has 4 rings (SSSR count). The highest BCUT2D eigenvalue weighted by Crippen LogP contribution is 2.21. The van der Waals surface area contributed by atoms with Crippen LogP contribution >= 0.6 is 0 Å². The summed E-state index contributed by atoms with van der Waals surface area (Å²) in [5.41, 5.74) is 1.85. The predicted octanol–water partition coefficient (Wildman–Crippen LogP) is 2.31. The van der Waals surface area contributed by atoms with E-state index in [9.17, 15) is 9.59 Å². The Morgan fingerprint density at radius 2 is 1.90 bits per heavy atom. The summed E-state index contributed by atoms with van der Waals surface area (Å²) < 4.78 is 10.4. The fourth-order valence-corrected chi connectivity index (χ4v) is 4.00. The van der Waals surface area contributed by atoms with Crippen LogP contribution in [-0.4, -0.2) is 66.2 Å². The molecule has 2 saturated heterocycles. The van der Waals surface area contributed by atoms with Gasteiger partial charge in [-0.15, -0.1) is 0 Å². The van der Waals surface area contributed by atoms with E-state index in [1.54, 1.807) is 13.0 Å². The summed E-state index contributed by atoms with van der Waals surface area (Å²) in [4.78, 5) is 29.6. The van der Waals surface area contributed by atoms with Gasteiger partial charge in [-0.25, -0.2) is 0 Å². The lowest BCUT2D eigenvalue weighted by Crippen LogP contribution is -2.41. The third-order valence-electron chi connectivity index (χ3n) is 5.72. The maximum absolute atomic E-state index is 13.0. The van der Waals surface area contributed by atoms with E-state index in [2.05, 4.69) is 21.4 Å². The number of amides is 2. The summed E-state index contributed by atoms with van der Waals surface area (Å²) in [5.74, 6) is 0.932. The number of nitrogens with one attached hydrogen (secondary N) is 1. The van der Waals surface area contributed by atoms with Crippen LogP contribution in [0.25, 0.3) is 0 Å². The molecule has 2 fully saturated rings. The van der Waals surface area contributed by atoms with Gasteiger partial charge in [0.15, 0.2) is 5.82 Å². The van der Waals surface area contributed by atoms with Crippen molar-refractivity contribution >= 4 is 17.6 Å². The van der Waals surface area contributed by atoms with Gasteiger partial charge in [0.05, 0.1) is 13.2 Å². The molecule has 2 aliphatic heterocycles. The molecule has 1 aromatic heterocycles. The number of rotatable bonds is 5. The number of benzene rings is 1. The molecule has 0 radical (unpaired) electrons. The molecule has 0 aliphatic carbocycles. The van der Waals surface area contributed by atoms with Crippen LogP contribution in [-0.2, 0) is 16.1 Å². The Kier molecular flexibility index (Phi) is 6.44. The minimum absolute atomic E-state index is 0.0322. The number of hydrogen-bond acceptors (Lipinski definition) is 6. The van der Waals surface area contributed by atoms with Crippen LogP contribution in [0, 0.1) is 12.8 Å². The lowest BCUT2D eigenvalue weighted by Gasteiger charge is -2.31. The summed E-state index contributed by atoms with van der Waals surface area (Å²) in [6, 6.07) is 9.57. The van der Waals surface area contributed by atoms with Crippen LogP contribution < -0.4 is 5.32 Å². The number of morpholine rings is 1. The molecule has 0 atom stereocenters. The average molecular weight is 412 g/mol. The maximum Gasteiger partial charge on any atom is 0.253 e. The van der Waals surface area contributed by atoms with Crippen molar-refractivity contribution in [1.82, 2.24) is 15.0 Å². The second kappa shape index (κ2) is 9.40. The van der Waals surface area contributed by atoms with Crippen molar-refractivity contribution in [2.75, 3.05) is 44.7 Å². The molecule has 1 N–H and O–H groups in total. The SMILES string of the molecule is Cc1cc(NC(=O)C2CCN(C(=O)c3cccc(CN4CCOCC4)c3)CC2)no1. The normalized spacial score (nSPS) is 18.4. The first-order chi connectivity index (χ1) is 14.6. The van der Waals surface area contributed by atoms with Gasteiger partial charge >= 0.3 is 0 Å². The van der Waals surface area contributed by atoms with Crippen LogP contribution in [0.4, 0.5) is 5.82 Å². The zero-order valence-corrected chi connectivity index (χ0v) is 17.3. The smallest absolute Gasteiger partial charge is 0.253 e. The third kappa shape index (κ3) is 5.06. The summed E-state index contributed by atoms with van der Waals surface area (Å²) in [5, 5.41) is 6.60. The van der Waals surface area contributed by atoms with Crippen molar-refractivity contribution in [3.63, 3.8) is 0 Å². The number of carbonyl (C=O) groups excluding carboxylic acids is 2. The predicted molar refractivity (Wildman–Crippen MR) is 111 cm³/mol. The summed E-state index contributed by atoms with van der Waals surface area (Å²) in [6.07, 6.45) is 1.28. The molecule has 0 spiro atoms. The molecular weight excluding hydrogens is 384 g/mol. The number of hydrogen-bond donors (Lipinski definition) is 1. The van der Waals surface area contributed by atoms with E-state index in [1.165, 1.54) is 0 Å². The zero-order valence-electron chi connectivity index (χ0n) is 17.3. The zero-order chi connectivity index (χ0) is 20.9. The number of ether oxygens (including phenoxy) is 1. The molecule has 3 heterocycles. The van der Waals surface area contributed by atoms with E-state index in [0.717, 1.165) is 38.4 Å². The van der Waals surface area contributed by atoms with Gasteiger partial charge in [0.1, 0.15) is 5.76 Å². The molecule has 8 nitrogen and oxygen atoms in total. The molecule has 0 unspecified atom stereocenters. The number of nitrogens with zero attached hydrogens (tertiary/aromatic N) is 3. The Bertz CT molecular complexity index is 883. The first-order valence-corrected chi connectivity index (χ1v) is 10.5. The van der Waals surface area contributed by atoms with Gasteiger partial charge in [0, 0.05) is 50.3 Å². The quantitative estimate of drug-likeness (QED) is 0.811. The summed E-state index contributed by atoms with van der Waals surface area (Å²) >= 11 is 0. The Balaban J connectivity index is 1.30. The molecule has 8 heteroatoms. The first-order valence-electron chi connectivity index (χ1n) is 10.5. The molecule has 2 aliphatic rings. The monoisotopic (exact) mass is 412 g/mol. The van der Waals surface area contributed by atoms with Crippen molar-refractivity contribution in [2.24, 2.45) is 5.92 Å². The van der Waals surface area contributed by atoms with E-state index in [0.29, 0.717) is 43.1 Å². The van der Waals surface area contributed by atoms with Gasteiger partial charge in [-0.05, 0) is 37.5 Å². The van der Waals surface area contributed by atoms with Gasteiger partial charge in [-0.1, -0.05) is 17.3 Å². The highest BCUT2D eigenvalue weighted by atomic mass is 16.5. The van der Waals surface area contributed by atoms with Crippen molar-refractivity contribution in [3.05, 3.63) is 47.2 Å². The van der Waals surface area contributed by atoms with E-state index in [-0.39, 0.29) is 17.7 Å². The molecule has 30 heavy (non-hydrogen) atoms. The number of likely N-dealkylation sites (tertiary alicyclic amines) is 1. The molecule has 2 amide bonds. The Hall–Kier alpha value is -2.71. The molecule has 160 valence electrons. The highest BCUT2D eigenvalue weighted by Gasteiger charge is 2.28. The molecule has 2 aromatic rings. The minimum atomic E-state index is -0.126. The number of anilines is 1. The van der Waals surface area contributed by atoms with Crippen molar-refractivity contribution in [3.8, 4) is 0 Å².